The summed E-state index contributed by atoms with van der Waals surface area (Å²) >= 11 is 14.6. The summed E-state index contributed by atoms with van der Waals surface area (Å²) in [6.07, 6.45) is 0. The number of rotatable bonds is 4. The van der Waals surface area contributed by atoms with E-state index in [0.29, 0.717) is 0 Å². The van der Waals surface area contributed by atoms with Gasteiger partial charge in [0.15, 0.2) is 0 Å². The number of fused-ring (bicyclic) bond motifs is 1. The molecule has 4 heteroatoms. The average molecular weight is 748 g/mol. The lowest BCUT2D eigenvalue weighted by atomic mass is 9.79. The number of hydrogen-bond acceptors (Lipinski definition) is 0. The molecule has 0 atom stereocenters. The largest absolute Gasteiger partial charge is 0.0616 e. The van der Waals surface area contributed by atoms with Gasteiger partial charge in [-0.2, -0.15) is 0 Å². The number of hydrogen-bond donors (Lipinski definition) is 0. The van der Waals surface area contributed by atoms with Gasteiger partial charge in [0, 0.05) is 17.9 Å². The highest BCUT2D eigenvalue weighted by Crippen LogP contribution is 2.51. The molecular weight excluding hydrogens is 728 g/mol. The lowest BCUT2D eigenvalue weighted by Gasteiger charge is -2.24. The molecule has 0 bridgehead atoms. The van der Waals surface area contributed by atoms with Crippen LogP contribution in [0.4, 0.5) is 0 Å². The molecule has 0 nitrogen and oxygen atoms in total. The Labute approximate surface area is 256 Å². The average Bonchev–Trinajstić information content (AvgIpc) is 2.94. The van der Waals surface area contributed by atoms with E-state index in [9.17, 15) is 0 Å². The van der Waals surface area contributed by atoms with Crippen LogP contribution in [-0.4, -0.2) is 0 Å². The Kier molecular flexibility index (Phi) is 7.41. The molecule has 0 saturated heterocycles. The molecular formula is C34H20Br4. The third-order valence-electron chi connectivity index (χ3n) is 6.75. The molecule has 6 aromatic carbocycles. The minimum Gasteiger partial charge on any atom is -0.0616 e. The second-order valence-electron chi connectivity index (χ2n) is 9.07. The van der Waals surface area contributed by atoms with Gasteiger partial charge in [-0.25, -0.2) is 0 Å². The molecule has 0 radical (unpaired) electrons. The van der Waals surface area contributed by atoms with Crippen LogP contribution in [0.5, 0.6) is 0 Å². The van der Waals surface area contributed by atoms with Crippen LogP contribution in [0, 0.1) is 0 Å². The van der Waals surface area contributed by atoms with Gasteiger partial charge in [0.2, 0.25) is 0 Å². The molecule has 6 aromatic rings. The fourth-order valence-electron chi connectivity index (χ4n) is 5.08. The van der Waals surface area contributed by atoms with E-state index in [1.807, 2.05) is 0 Å². The molecule has 0 N–H and O–H groups in total. The molecule has 0 aliphatic rings. The van der Waals surface area contributed by atoms with E-state index in [4.69, 9.17) is 0 Å². The Balaban J connectivity index is 1.86. The molecule has 0 spiro atoms. The monoisotopic (exact) mass is 744 g/mol. The van der Waals surface area contributed by atoms with Gasteiger partial charge in [0.05, 0.1) is 0 Å². The summed E-state index contributed by atoms with van der Waals surface area (Å²) in [4.78, 5) is 0. The summed E-state index contributed by atoms with van der Waals surface area (Å²) in [5.74, 6) is 0. The molecule has 38 heavy (non-hydrogen) atoms. The van der Waals surface area contributed by atoms with E-state index in [1.165, 1.54) is 55.3 Å². The van der Waals surface area contributed by atoms with Gasteiger partial charge in [-0.05, 0) is 104 Å². The first-order valence-electron chi connectivity index (χ1n) is 12.1. The van der Waals surface area contributed by atoms with Crippen molar-refractivity contribution in [1.82, 2.24) is 0 Å². The second-order valence-corrected chi connectivity index (χ2v) is 12.7. The van der Waals surface area contributed by atoms with Gasteiger partial charge in [-0.15, -0.1) is 0 Å². The third kappa shape index (κ3) is 4.96. The summed E-state index contributed by atoms with van der Waals surface area (Å²) in [6.45, 7) is 0. The summed E-state index contributed by atoms with van der Waals surface area (Å²) in [6, 6.07) is 43.5. The molecule has 0 unspecified atom stereocenters. The Bertz CT molecular complexity index is 1620. The smallest absolute Gasteiger partial charge is 0.0175 e. The van der Waals surface area contributed by atoms with Crippen LogP contribution >= 0.6 is 63.7 Å². The van der Waals surface area contributed by atoms with Crippen molar-refractivity contribution in [2.45, 2.75) is 0 Å². The van der Waals surface area contributed by atoms with Crippen molar-refractivity contribution in [3.05, 3.63) is 139 Å². The molecule has 0 aliphatic carbocycles. The van der Waals surface area contributed by atoms with E-state index in [0.717, 1.165) is 17.9 Å². The third-order valence-corrected chi connectivity index (χ3v) is 8.86. The molecule has 0 aromatic heterocycles. The number of halogens is 4. The molecule has 0 amide bonds. The van der Waals surface area contributed by atoms with Crippen molar-refractivity contribution in [2.24, 2.45) is 0 Å². The van der Waals surface area contributed by atoms with E-state index >= 15 is 0 Å². The SMILES string of the molecule is Brc1ccc(-c2c(-c3ccc(Br)cc3)c(-c3ccc(Br)cc3)c3ccccc3c2-c2ccc(Br)cc2)cc1. The van der Waals surface area contributed by atoms with Crippen LogP contribution in [0.25, 0.3) is 55.3 Å². The predicted octanol–water partition coefficient (Wildman–Crippen LogP) is 12.6. The van der Waals surface area contributed by atoms with Crippen LogP contribution < -0.4 is 0 Å². The lowest BCUT2D eigenvalue weighted by molar-refractivity contribution is 1.54. The van der Waals surface area contributed by atoms with Gasteiger partial charge in [-0.1, -0.05) is 137 Å². The molecule has 0 heterocycles. The van der Waals surface area contributed by atoms with Crippen LogP contribution in [0.15, 0.2) is 139 Å². The molecule has 0 aliphatic heterocycles. The second kappa shape index (κ2) is 10.9. The van der Waals surface area contributed by atoms with Crippen molar-refractivity contribution in [3.8, 4) is 44.5 Å². The highest BCUT2D eigenvalue weighted by Gasteiger charge is 2.23. The van der Waals surface area contributed by atoms with Crippen molar-refractivity contribution in [1.29, 1.82) is 0 Å². The van der Waals surface area contributed by atoms with Gasteiger partial charge >= 0.3 is 0 Å². The first-order chi connectivity index (χ1) is 18.5. The van der Waals surface area contributed by atoms with Gasteiger partial charge in [-0.3, -0.25) is 0 Å². The van der Waals surface area contributed by atoms with Crippen molar-refractivity contribution in [2.75, 3.05) is 0 Å². The van der Waals surface area contributed by atoms with E-state index < -0.39 is 0 Å². The Hall–Kier alpha value is -2.50. The zero-order valence-corrected chi connectivity index (χ0v) is 26.4. The van der Waals surface area contributed by atoms with E-state index in [1.54, 1.807) is 0 Å². The number of benzene rings is 6. The maximum atomic E-state index is 3.64. The molecule has 184 valence electrons. The normalized spacial score (nSPS) is 11.2. The summed E-state index contributed by atoms with van der Waals surface area (Å²) in [5.41, 5.74) is 9.62. The summed E-state index contributed by atoms with van der Waals surface area (Å²) in [5, 5.41) is 2.46. The molecule has 0 saturated carbocycles. The molecule has 0 fully saturated rings. The zero-order chi connectivity index (χ0) is 26.2. The minimum absolute atomic E-state index is 1.06. The zero-order valence-electron chi connectivity index (χ0n) is 20.1. The Morgan fingerprint density at radius 3 is 0.763 bits per heavy atom. The highest BCUT2D eigenvalue weighted by atomic mass is 79.9. The van der Waals surface area contributed by atoms with Gasteiger partial charge in [0.25, 0.3) is 0 Å². The summed E-state index contributed by atoms with van der Waals surface area (Å²) < 4.78 is 4.25. The Morgan fingerprint density at radius 1 is 0.263 bits per heavy atom. The standard InChI is InChI=1S/C34H20Br4/c35-25-13-5-21(6-14-25)31-29-3-1-2-4-30(29)32(22-7-15-26(36)16-8-22)34(24-11-19-28(38)20-12-24)33(31)23-9-17-27(37)18-10-23/h1-20H. The first kappa shape index (κ1) is 25.8. The van der Waals surface area contributed by atoms with Crippen LogP contribution in [0.2, 0.25) is 0 Å². The summed E-state index contributed by atoms with van der Waals surface area (Å²) in [7, 11) is 0. The fourth-order valence-corrected chi connectivity index (χ4v) is 6.14. The van der Waals surface area contributed by atoms with Gasteiger partial charge in [0.1, 0.15) is 0 Å². The highest BCUT2D eigenvalue weighted by molar-refractivity contribution is 9.11. The molecule has 6 rings (SSSR count). The Morgan fingerprint density at radius 2 is 0.500 bits per heavy atom. The van der Waals surface area contributed by atoms with Gasteiger partial charge < -0.3 is 0 Å². The fraction of sp³-hybridized carbons (Fsp3) is 0. The van der Waals surface area contributed by atoms with Crippen molar-refractivity contribution < 1.29 is 0 Å². The van der Waals surface area contributed by atoms with Crippen LogP contribution in [0.1, 0.15) is 0 Å². The maximum absolute atomic E-state index is 3.64. The van der Waals surface area contributed by atoms with Crippen molar-refractivity contribution in [3.63, 3.8) is 0 Å². The first-order valence-corrected chi connectivity index (χ1v) is 15.3. The topological polar surface area (TPSA) is 0 Å². The van der Waals surface area contributed by atoms with Crippen molar-refractivity contribution >= 4 is 74.5 Å². The van der Waals surface area contributed by atoms with E-state index in [2.05, 4.69) is 185 Å². The predicted molar refractivity (Wildman–Crippen MR) is 176 cm³/mol. The van der Waals surface area contributed by atoms with E-state index in [-0.39, 0.29) is 0 Å². The van der Waals surface area contributed by atoms with Crippen LogP contribution in [0.3, 0.4) is 0 Å². The maximum Gasteiger partial charge on any atom is 0.0175 e. The lowest BCUT2D eigenvalue weighted by Crippen LogP contribution is -1.97. The minimum atomic E-state index is 1.06. The van der Waals surface area contributed by atoms with Crippen LogP contribution in [-0.2, 0) is 0 Å². The quantitative estimate of drug-likeness (QED) is 0.168.